The molecule has 0 heterocycles. The van der Waals surface area contributed by atoms with E-state index in [4.69, 9.17) is 0 Å². The minimum absolute atomic E-state index is 0.0297. The highest BCUT2D eigenvalue weighted by Gasteiger charge is 2.23. The summed E-state index contributed by atoms with van der Waals surface area (Å²) >= 11 is 0. The van der Waals surface area contributed by atoms with E-state index in [1.807, 2.05) is 13.8 Å². The fourth-order valence-corrected chi connectivity index (χ4v) is 3.17. The Morgan fingerprint density at radius 1 is 0.591 bits per heavy atom. The Balaban J connectivity index is 2.46. The summed E-state index contributed by atoms with van der Waals surface area (Å²) in [7, 11) is 0. The second kappa shape index (κ2) is 6.60. The fraction of sp³-hybridized carbons (Fsp3) is 0.333. The van der Waals surface area contributed by atoms with Crippen molar-refractivity contribution >= 4 is 0 Å². The van der Waals surface area contributed by atoms with E-state index in [2.05, 4.69) is 0 Å². The van der Waals surface area contributed by atoms with Crippen LogP contribution in [0.25, 0.3) is 0 Å². The molecule has 2 rings (SSSR count). The van der Waals surface area contributed by atoms with Crippen LogP contribution < -0.4 is 0 Å². The quantitative estimate of drug-likeness (QED) is 0.667. The van der Waals surface area contributed by atoms with Crippen molar-refractivity contribution < 1.29 is 20.4 Å². The maximum Gasteiger partial charge on any atom is 0.119 e. The topological polar surface area (TPSA) is 80.9 Å². The van der Waals surface area contributed by atoms with Crippen molar-refractivity contribution in [2.75, 3.05) is 0 Å². The Hall–Kier alpha value is -2.36. The van der Waals surface area contributed by atoms with Gasteiger partial charge < -0.3 is 20.4 Å². The van der Waals surface area contributed by atoms with Gasteiger partial charge in [-0.3, -0.25) is 0 Å². The lowest BCUT2D eigenvalue weighted by molar-refractivity contribution is 0.436. The summed E-state index contributed by atoms with van der Waals surface area (Å²) in [6.07, 6.45) is 1.61. The van der Waals surface area contributed by atoms with Crippen LogP contribution in [0, 0.1) is 0 Å². The van der Waals surface area contributed by atoms with E-state index in [-0.39, 0.29) is 34.8 Å². The molecule has 0 unspecified atom stereocenters. The molecular weight excluding hydrogens is 280 g/mol. The molecule has 0 fully saturated rings. The Kier molecular flexibility index (Phi) is 4.81. The Labute approximate surface area is 130 Å². The summed E-state index contributed by atoms with van der Waals surface area (Å²) < 4.78 is 0. The summed E-state index contributed by atoms with van der Waals surface area (Å²) in [4.78, 5) is 0. The van der Waals surface area contributed by atoms with Crippen molar-refractivity contribution in [2.45, 2.75) is 38.5 Å². The molecule has 0 spiro atoms. The maximum atomic E-state index is 9.71. The molecule has 2 aromatic rings. The van der Waals surface area contributed by atoms with Crippen LogP contribution in [0.1, 0.15) is 49.7 Å². The molecule has 0 aromatic heterocycles. The van der Waals surface area contributed by atoms with Gasteiger partial charge >= 0.3 is 0 Å². The van der Waals surface area contributed by atoms with Crippen molar-refractivity contribution in [3.05, 3.63) is 47.5 Å². The number of benzene rings is 2. The van der Waals surface area contributed by atoms with Crippen LogP contribution in [-0.2, 0) is 0 Å². The lowest BCUT2D eigenvalue weighted by atomic mass is 9.78. The molecule has 2 atom stereocenters. The minimum atomic E-state index is 0.0297. The van der Waals surface area contributed by atoms with Gasteiger partial charge in [-0.25, -0.2) is 0 Å². The number of hydrogen-bond donors (Lipinski definition) is 4. The normalized spacial score (nSPS) is 13.7. The van der Waals surface area contributed by atoms with Crippen molar-refractivity contribution in [1.82, 2.24) is 0 Å². The standard InChI is InChI=1S/C18H22O4/c1-3-17(11-5-13(19)9-14(20)6-11)18(4-2)12-7-15(21)10-16(22)8-12/h5-10,17-22H,3-4H2,1-2H3/t17-,18+. The van der Waals surface area contributed by atoms with E-state index in [1.54, 1.807) is 24.3 Å². The van der Waals surface area contributed by atoms with Gasteiger partial charge in [0.15, 0.2) is 0 Å². The number of hydrogen-bond acceptors (Lipinski definition) is 4. The molecule has 0 aliphatic carbocycles. The van der Waals surface area contributed by atoms with Crippen LogP contribution in [0.2, 0.25) is 0 Å². The summed E-state index contributed by atoms with van der Waals surface area (Å²) in [6.45, 7) is 4.08. The molecule has 4 nitrogen and oxygen atoms in total. The van der Waals surface area contributed by atoms with Crippen molar-refractivity contribution in [2.24, 2.45) is 0 Å². The zero-order chi connectivity index (χ0) is 16.3. The number of aromatic hydroxyl groups is 4. The minimum Gasteiger partial charge on any atom is -0.508 e. The van der Waals surface area contributed by atoms with Crippen molar-refractivity contribution in [1.29, 1.82) is 0 Å². The van der Waals surface area contributed by atoms with E-state index < -0.39 is 0 Å². The molecule has 0 amide bonds. The number of phenolic OH excluding ortho intramolecular Hbond substituents is 4. The third-order valence-electron chi connectivity index (χ3n) is 4.07. The third-order valence-corrected chi connectivity index (χ3v) is 4.07. The molecule has 0 aliphatic rings. The molecule has 0 aliphatic heterocycles. The average molecular weight is 302 g/mol. The molecule has 0 saturated carbocycles. The lowest BCUT2D eigenvalue weighted by Gasteiger charge is -2.26. The van der Waals surface area contributed by atoms with Gasteiger partial charge in [0, 0.05) is 12.1 Å². The number of phenols is 4. The number of rotatable bonds is 5. The van der Waals surface area contributed by atoms with E-state index in [1.165, 1.54) is 12.1 Å². The predicted octanol–water partition coefficient (Wildman–Crippen LogP) is 4.20. The van der Waals surface area contributed by atoms with Gasteiger partial charge in [0.05, 0.1) is 0 Å². The van der Waals surface area contributed by atoms with Gasteiger partial charge in [0.1, 0.15) is 23.0 Å². The predicted molar refractivity (Wildman–Crippen MR) is 85.6 cm³/mol. The van der Waals surface area contributed by atoms with Crippen LogP contribution >= 0.6 is 0 Å². The first-order chi connectivity index (χ1) is 10.4. The zero-order valence-corrected chi connectivity index (χ0v) is 12.8. The zero-order valence-electron chi connectivity index (χ0n) is 12.8. The van der Waals surface area contributed by atoms with E-state index in [0.29, 0.717) is 0 Å². The van der Waals surface area contributed by atoms with Gasteiger partial charge in [-0.1, -0.05) is 13.8 Å². The van der Waals surface area contributed by atoms with Crippen molar-refractivity contribution in [3.63, 3.8) is 0 Å². The molecule has 0 bridgehead atoms. The smallest absolute Gasteiger partial charge is 0.119 e. The van der Waals surface area contributed by atoms with Crippen LogP contribution in [0.4, 0.5) is 0 Å². The Morgan fingerprint density at radius 3 is 1.09 bits per heavy atom. The fourth-order valence-electron chi connectivity index (χ4n) is 3.17. The summed E-state index contributed by atoms with van der Waals surface area (Å²) in [5, 5.41) is 38.8. The summed E-state index contributed by atoms with van der Waals surface area (Å²) in [6, 6.07) is 9.21. The molecule has 2 aromatic carbocycles. The van der Waals surface area contributed by atoms with Crippen LogP contribution in [0.15, 0.2) is 36.4 Å². The first-order valence-corrected chi connectivity index (χ1v) is 7.50. The van der Waals surface area contributed by atoms with Gasteiger partial charge in [-0.2, -0.15) is 0 Å². The highest BCUT2D eigenvalue weighted by Crippen LogP contribution is 2.41. The molecule has 4 N–H and O–H groups in total. The Morgan fingerprint density at radius 2 is 0.864 bits per heavy atom. The first kappa shape index (κ1) is 16.0. The summed E-state index contributed by atoms with van der Waals surface area (Å²) in [5.41, 5.74) is 1.68. The largest absolute Gasteiger partial charge is 0.508 e. The molecule has 0 saturated heterocycles. The third kappa shape index (κ3) is 3.45. The highest BCUT2D eigenvalue weighted by atomic mass is 16.3. The molecule has 4 heteroatoms. The van der Waals surface area contributed by atoms with E-state index in [0.717, 1.165) is 24.0 Å². The second-order valence-electron chi connectivity index (χ2n) is 5.59. The van der Waals surface area contributed by atoms with Gasteiger partial charge in [-0.15, -0.1) is 0 Å². The van der Waals surface area contributed by atoms with E-state index in [9.17, 15) is 20.4 Å². The second-order valence-corrected chi connectivity index (χ2v) is 5.59. The first-order valence-electron chi connectivity index (χ1n) is 7.50. The monoisotopic (exact) mass is 302 g/mol. The van der Waals surface area contributed by atoms with Gasteiger partial charge in [-0.05, 0) is 60.1 Å². The lowest BCUT2D eigenvalue weighted by Crippen LogP contribution is -2.10. The molecular formula is C18H22O4. The summed E-state index contributed by atoms with van der Waals surface area (Å²) in [5.74, 6) is 0.238. The van der Waals surface area contributed by atoms with Crippen molar-refractivity contribution in [3.8, 4) is 23.0 Å². The maximum absolute atomic E-state index is 9.71. The van der Waals surface area contributed by atoms with Gasteiger partial charge in [0.2, 0.25) is 0 Å². The Bertz CT molecular complexity index is 554. The van der Waals surface area contributed by atoms with Crippen LogP contribution in [0.5, 0.6) is 23.0 Å². The van der Waals surface area contributed by atoms with Crippen LogP contribution in [0.3, 0.4) is 0 Å². The van der Waals surface area contributed by atoms with E-state index >= 15 is 0 Å². The highest BCUT2D eigenvalue weighted by molar-refractivity contribution is 5.43. The molecule has 118 valence electrons. The molecule has 0 radical (unpaired) electrons. The average Bonchev–Trinajstić information content (AvgIpc) is 2.42. The SMILES string of the molecule is CC[C@H](c1cc(O)cc(O)c1)[C@@H](CC)c1cc(O)cc(O)c1. The molecule has 22 heavy (non-hydrogen) atoms. The van der Waals surface area contributed by atoms with Gasteiger partial charge in [0.25, 0.3) is 0 Å². The van der Waals surface area contributed by atoms with Crippen LogP contribution in [-0.4, -0.2) is 20.4 Å².